The summed E-state index contributed by atoms with van der Waals surface area (Å²) in [6.45, 7) is 4.05. The molecule has 0 unspecified atom stereocenters. The maximum atomic E-state index is 13.1. The molecule has 1 aliphatic carbocycles. The molecule has 1 fully saturated rings. The number of hydrogen-bond acceptors (Lipinski definition) is 3. The van der Waals surface area contributed by atoms with Crippen LogP contribution in [0.15, 0.2) is 18.3 Å². The number of aliphatic hydroxyl groups excluding tert-OH is 1. The predicted molar refractivity (Wildman–Crippen MR) is 101 cm³/mol. The molecule has 3 rings (SSSR count). The number of unbranched alkanes of at least 4 members (excludes halogenated alkanes) is 1. The summed E-state index contributed by atoms with van der Waals surface area (Å²) in [5.41, 5.74) is 0.993. The minimum absolute atomic E-state index is 0.140. The number of carbonyl (C=O) groups excluding carboxylic acids is 1. The van der Waals surface area contributed by atoms with Crippen LogP contribution in [-0.4, -0.2) is 33.0 Å². The molecule has 1 amide bonds. The number of alkyl halides is 2. The van der Waals surface area contributed by atoms with Gasteiger partial charge >= 0.3 is 0 Å². The number of amides is 1. The summed E-state index contributed by atoms with van der Waals surface area (Å²) in [5, 5.41) is 11.1. The van der Waals surface area contributed by atoms with Crippen molar-refractivity contribution in [3.63, 3.8) is 0 Å². The first-order chi connectivity index (χ1) is 13.0. The smallest absolute Gasteiger partial charge is 0.278 e. The van der Waals surface area contributed by atoms with Gasteiger partial charge in [-0.2, -0.15) is 0 Å². The van der Waals surface area contributed by atoms with E-state index >= 15 is 0 Å². The van der Waals surface area contributed by atoms with E-state index in [4.69, 9.17) is 5.11 Å². The minimum atomic E-state index is -2.61. The molecular weight excluding hydrogens is 352 g/mol. The van der Waals surface area contributed by atoms with Gasteiger partial charge in [-0.3, -0.25) is 9.20 Å². The second kappa shape index (κ2) is 10.3. The largest absolute Gasteiger partial charge is 0.396 e. The molecular formula is C20H29F2N3O2. The number of fused-ring (bicyclic) bond motifs is 1. The predicted octanol–water partition coefficient (Wildman–Crippen LogP) is 4.42. The monoisotopic (exact) mass is 381 g/mol. The number of nitrogens with one attached hydrogen (secondary N) is 1. The lowest BCUT2D eigenvalue weighted by molar-refractivity contribution is 0.0929. The number of aryl methyl sites for hydroxylation is 1. The summed E-state index contributed by atoms with van der Waals surface area (Å²) in [6, 6.07) is 3.09. The quantitative estimate of drug-likeness (QED) is 0.806. The van der Waals surface area contributed by atoms with Gasteiger partial charge in [-0.1, -0.05) is 32.6 Å². The Kier molecular flexibility index (Phi) is 8.16. The standard InChI is InChI=1S/C16H19F2N3O.C4H10O/c1-10-9-13(14(17)18)21-8-7-12(15(21)19-10)16(22)20-11-5-3-2-4-6-11;1-2-3-4-5/h7-9,11,14H,2-6H2,1H3,(H,20,22);5H,2-4H2,1H3. The first-order valence-corrected chi connectivity index (χ1v) is 9.66. The van der Waals surface area contributed by atoms with Gasteiger partial charge in [0.2, 0.25) is 0 Å². The second-order valence-corrected chi connectivity index (χ2v) is 6.93. The van der Waals surface area contributed by atoms with Crippen molar-refractivity contribution >= 4 is 11.6 Å². The van der Waals surface area contributed by atoms with Gasteiger partial charge in [-0.15, -0.1) is 0 Å². The van der Waals surface area contributed by atoms with Gasteiger partial charge in [0.05, 0.1) is 11.3 Å². The Morgan fingerprint density at radius 1 is 1.37 bits per heavy atom. The maximum Gasteiger partial charge on any atom is 0.278 e. The van der Waals surface area contributed by atoms with Crippen molar-refractivity contribution in [2.45, 2.75) is 71.3 Å². The van der Waals surface area contributed by atoms with Gasteiger partial charge in [0.25, 0.3) is 12.3 Å². The van der Waals surface area contributed by atoms with E-state index in [2.05, 4.69) is 17.2 Å². The Hall–Kier alpha value is -2.02. The Morgan fingerprint density at radius 2 is 2.07 bits per heavy atom. The van der Waals surface area contributed by atoms with Gasteiger partial charge in [0.1, 0.15) is 5.65 Å². The molecule has 1 saturated carbocycles. The summed E-state index contributed by atoms with van der Waals surface area (Å²) < 4.78 is 27.5. The number of hydrogen-bond donors (Lipinski definition) is 2. The summed E-state index contributed by atoms with van der Waals surface area (Å²) >= 11 is 0. The molecule has 2 N–H and O–H groups in total. The normalized spacial score (nSPS) is 14.9. The first kappa shape index (κ1) is 21.3. The lowest BCUT2D eigenvalue weighted by Gasteiger charge is -2.22. The molecule has 27 heavy (non-hydrogen) atoms. The highest BCUT2D eigenvalue weighted by Gasteiger charge is 2.21. The van der Waals surface area contributed by atoms with Gasteiger partial charge in [0.15, 0.2) is 0 Å². The maximum absolute atomic E-state index is 13.1. The highest BCUT2D eigenvalue weighted by atomic mass is 19.3. The van der Waals surface area contributed by atoms with Gasteiger partial charge in [-0.25, -0.2) is 13.8 Å². The molecule has 5 nitrogen and oxygen atoms in total. The van der Waals surface area contributed by atoms with Crippen molar-refractivity contribution in [2.24, 2.45) is 0 Å². The second-order valence-electron chi connectivity index (χ2n) is 6.93. The highest BCUT2D eigenvalue weighted by Crippen LogP contribution is 2.23. The number of rotatable bonds is 5. The van der Waals surface area contributed by atoms with Crippen molar-refractivity contribution in [1.82, 2.24) is 14.7 Å². The molecule has 0 atom stereocenters. The van der Waals surface area contributed by atoms with Crippen LogP contribution in [0.25, 0.3) is 5.65 Å². The Labute approximate surface area is 158 Å². The number of halogens is 2. The fourth-order valence-corrected chi connectivity index (χ4v) is 3.24. The van der Waals surface area contributed by atoms with E-state index < -0.39 is 6.43 Å². The fraction of sp³-hybridized carbons (Fsp3) is 0.600. The SMILES string of the molecule is CCCCO.Cc1cc(C(F)F)n2ccc(C(=O)NC3CCCCC3)c2n1. The van der Waals surface area contributed by atoms with E-state index in [0.717, 1.165) is 38.5 Å². The molecule has 7 heteroatoms. The summed E-state index contributed by atoms with van der Waals surface area (Å²) in [7, 11) is 0. The third-order valence-electron chi connectivity index (χ3n) is 4.70. The van der Waals surface area contributed by atoms with E-state index in [1.807, 2.05) is 0 Å². The molecule has 2 aromatic rings. The lowest BCUT2D eigenvalue weighted by Crippen LogP contribution is -2.36. The summed E-state index contributed by atoms with van der Waals surface area (Å²) in [6.07, 6.45) is 6.32. The van der Waals surface area contributed by atoms with Crippen molar-refractivity contribution in [2.75, 3.05) is 6.61 Å². The summed E-state index contributed by atoms with van der Waals surface area (Å²) in [4.78, 5) is 16.7. The molecule has 0 saturated heterocycles. The fourth-order valence-electron chi connectivity index (χ4n) is 3.24. The average molecular weight is 381 g/mol. The number of aromatic nitrogens is 2. The van der Waals surface area contributed by atoms with E-state index in [-0.39, 0.29) is 17.6 Å². The molecule has 1 aliphatic rings. The summed E-state index contributed by atoms with van der Waals surface area (Å²) in [5.74, 6) is -0.229. The molecule has 2 aromatic heterocycles. The van der Waals surface area contributed by atoms with Crippen LogP contribution in [0.5, 0.6) is 0 Å². The molecule has 0 bridgehead atoms. The van der Waals surface area contributed by atoms with Crippen LogP contribution in [0.4, 0.5) is 8.78 Å². The first-order valence-electron chi connectivity index (χ1n) is 9.66. The molecule has 0 aromatic carbocycles. The third-order valence-corrected chi connectivity index (χ3v) is 4.70. The van der Waals surface area contributed by atoms with Crippen LogP contribution in [0.1, 0.15) is 80.0 Å². The van der Waals surface area contributed by atoms with E-state index in [1.165, 1.54) is 23.1 Å². The van der Waals surface area contributed by atoms with Crippen molar-refractivity contribution in [3.8, 4) is 0 Å². The molecule has 0 spiro atoms. The Bertz CT molecular complexity index is 738. The average Bonchev–Trinajstić information content (AvgIpc) is 3.06. The number of nitrogens with zero attached hydrogens (tertiary/aromatic N) is 2. The molecule has 0 aliphatic heterocycles. The van der Waals surface area contributed by atoms with Crippen LogP contribution < -0.4 is 5.32 Å². The molecule has 0 radical (unpaired) electrons. The third kappa shape index (κ3) is 5.73. The van der Waals surface area contributed by atoms with E-state index in [9.17, 15) is 13.6 Å². The van der Waals surface area contributed by atoms with Crippen LogP contribution in [0, 0.1) is 6.92 Å². The van der Waals surface area contributed by atoms with E-state index in [1.54, 1.807) is 13.0 Å². The zero-order valence-electron chi connectivity index (χ0n) is 16.0. The van der Waals surface area contributed by atoms with Crippen LogP contribution in [0.3, 0.4) is 0 Å². The van der Waals surface area contributed by atoms with Crippen molar-refractivity contribution in [3.05, 3.63) is 35.3 Å². The van der Waals surface area contributed by atoms with Gasteiger partial charge < -0.3 is 10.4 Å². The van der Waals surface area contributed by atoms with Crippen molar-refractivity contribution < 1.29 is 18.7 Å². The van der Waals surface area contributed by atoms with Crippen LogP contribution in [-0.2, 0) is 0 Å². The topological polar surface area (TPSA) is 66.6 Å². The van der Waals surface area contributed by atoms with Crippen LogP contribution >= 0.6 is 0 Å². The highest BCUT2D eigenvalue weighted by molar-refractivity contribution is 6.00. The Morgan fingerprint density at radius 3 is 2.63 bits per heavy atom. The zero-order chi connectivity index (χ0) is 19.8. The van der Waals surface area contributed by atoms with Gasteiger partial charge in [0, 0.05) is 24.5 Å². The number of carbonyl (C=O) groups is 1. The molecule has 2 heterocycles. The van der Waals surface area contributed by atoms with E-state index in [0.29, 0.717) is 23.5 Å². The van der Waals surface area contributed by atoms with Crippen LogP contribution in [0.2, 0.25) is 0 Å². The molecule has 150 valence electrons. The minimum Gasteiger partial charge on any atom is -0.396 e. The van der Waals surface area contributed by atoms with Crippen molar-refractivity contribution in [1.29, 1.82) is 0 Å². The number of aliphatic hydroxyl groups is 1. The van der Waals surface area contributed by atoms with Gasteiger partial charge in [-0.05, 0) is 38.3 Å². The lowest BCUT2D eigenvalue weighted by atomic mass is 9.95. The Balaban J connectivity index is 0.000000465. The zero-order valence-corrected chi connectivity index (χ0v) is 16.0.